The summed E-state index contributed by atoms with van der Waals surface area (Å²) in [6, 6.07) is 0. The SMILES string of the molecule is CCOC(=O)[C@]1(P(=O)(OCC)OCC)C[C@@H]1C=O. The second kappa shape index (κ2) is 5.95. The second-order valence-corrected chi connectivity index (χ2v) is 6.23. The summed E-state index contributed by atoms with van der Waals surface area (Å²) >= 11 is 0. The van der Waals surface area contributed by atoms with Crippen molar-refractivity contribution in [1.82, 2.24) is 0 Å². The van der Waals surface area contributed by atoms with Crippen LogP contribution in [0.3, 0.4) is 0 Å². The lowest BCUT2D eigenvalue weighted by Crippen LogP contribution is -2.30. The van der Waals surface area contributed by atoms with Gasteiger partial charge in [-0.05, 0) is 27.2 Å². The first-order valence-electron chi connectivity index (χ1n) is 6.04. The molecule has 1 aliphatic carbocycles. The van der Waals surface area contributed by atoms with E-state index >= 15 is 0 Å². The van der Waals surface area contributed by atoms with Crippen molar-refractivity contribution in [3.05, 3.63) is 0 Å². The highest BCUT2D eigenvalue weighted by Crippen LogP contribution is 2.73. The first-order valence-corrected chi connectivity index (χ1v) is 7.58. The fourth-order valence-electron chi connectivity index (χ4n) is 1.96. The molecule has 1 saturated carbocycles. The van der Waals surface area contributed by atoms with Crippen LogP contribution in [0.1, 0.15) is 27.2 Å². The van der Waals surface area contributed by atoms with Gasteiger partial charge in [-0.1, -0.05) is 0 Å². The van der Waals surface area contributed by atoms with E-state index in [0.717, 1.165) is 0 Å². The average molecular weight is 278 g/mol. The van der Waals surface area contributed by atoms with Crippen molar-refractivity contribution < 1.29 is 27.9 Å². The van der Waals surface area contributed by atoms with E-state index in [-0.39, 0.29) is 26.2 Å². The van der Waals surface area contributed by atoms with Crippen LogP contribution < -0.4 is 0 Å². The minimum atomic E-state index is -3.68. The van der Waals surface area contributed by atoms with Gasteiger partial charge in [-0.2, -0.15) is 0 Å². The molecule has 0 aromatic rings. The third kappa shape index (κ3) is 2.37. The Morgan fingerprint density at radius 2 is 1.83 bits per heavy atom. The highest BCUT2D eigenvalue weighted by Gasteiger charge is 2.74. The molecule has 0 aliphatic heterocycles. The lowest BCUT2D eigenvalue weighted by Gasteiger charge is -2.24. The lowest BCUT2D eigenvalue weighted by atomic mass is 10.3. The van der Waals surface area contributed by atoms with E-state index in [9.17, 15) is 14.2 Å². The Labute approximate surface area is 107 Å². The molecule has 1 aliphatic rings. The topological polar surface area (TPSA) is 78.9 Å². The summed E-state index contributed by atoms with van der Waals surface area (Å²) in [5.41, 5.74) is 0. The number of hydrogen-bond donors (Lipinski definition) is 0. The molecule has 0 N–H and O–H groups in total. The zero-order valence-corrected chi connectivity index (χ0v) is 11.8. The van der Waals surface area contributed by atoms with Crippen LogP contribution in [-0.2, 0) is 27.9 Å². The Morgan fingerprint density at radius 3 is 2.17 bits per heavy atom. The molecule has 0 heterocycles. The standard InChI is InChI=1S/C11H19O6P/c1-4-15-10(13)11(7-9(11)8-12)18(14,16-5-2)17-6-3/h8-9H,4-7H2,1-3H3/t9-,11+/m1/s1. The van der Waals surface area contributed by atoms with Gasteiger partial charge in [0.25, 0.3) is 0 Å². The van der Waals surface area contributed by atoms with Gasteiger partial charge in [-0.25, -0.2) is 0 Å². The molecule has 1 fully saturated rings. The molecule has 1 rings (SSSR count). The van der Waals surface area contributed by atoms with Crippen molar-refractivity contribution in [2.45, 2.75) is 32.3 Å². The maximum Gasteiger partial charge on any atom is 0.348 e. The van der Waals surface area contributed by atoms with Gasteiger partial charge >= 0.3 is 13.6 Å². The highest BCUT2D eigenvalue weighted by molar-refractivity contribution is 7.57. The number of ether oxygens (including phenoxy) is 1. The molecule has 104 valence electrons. The minimum absolute atomic E-state index is 0.143. The van der Waals surface area contributed by atoms with Crippen LogP contribution in [0.25, 0.3) is 0 Å². The van der Waals surface area contributed by atoms with Crippen LogP contribution in [-0.4, -0.2) is 37.2 Å². The molecule has 0 saturated heterocycles. The first-order chi connectivity index (χ1) is 8.52. The molecule has 0 amide bonds. The number of carbonyl (C=O) groups is 2. The van der Waals surface area contributed by atoms with Gasteiger partial charge in [0.1, 0.15) is 6.29 Å². The molecule has 0 spiro atoms. The zero-order chi connectivity index (χ0) is 13.8. The fourth-order valence-corrected chi connectivity index (χ4v) is 4.35. The van der Waals surface area contributed by atoms with Crippen LogP contribution in [0.5, 0.6) is 0 Å². The molecule has 0 unspecified atom stereocenters. The smallest absolute Gasteiger partial charge is 0.348 e. The van der Waals surface area contributed by atoms with Gasteiger partial charge in [0.05, 0.1) is 19.8 Å². The maximum atomic E-state index is 12.7. The molecule has 0 bridgehead atoms. The summed E-state index contributed by atoms with van der Waals surface area (Å²) in [5, 5.41) is -1.43. The molecule has 0 aromatic carbocycles. The van der Waals surface area contributed by atoms with Crippen molar-refractivity contribution >= 4 is 19.9 Å². The summed E-state index contributed by atoms with van der Waals surface area (Å²) in [7, 11) is -3.68. The zero-order valence-electron chi connectivity index (χ0n) is 10.9. The molecule has 6 nitrogen and oxygen atoms in total. The van der Waals surface area contributed by atoms with E-state index in [1.165, 1.54) is 0 Å². The van der Waals surface area contributed by atoms with Gasteiger partial charge in [0.15, 0.2) is 5.16 Å². The summed E-state index contributed by atoms with van der Waals surface area (Å²) < 4.78 is 27.9. The van der Waals surface area contributed by atoms with Crippen LogP contribution in [0.15, 0.2) is 0 Å². The quantitative estimate of drug-likeness (QED) is 0.382. The molecule has 18 heavy (non-hydrogen) atoms. The maximum absolute atomic E-state index is 12.7. The Morgan fingerprint density at radius 1 is 1.28 bits per heavy atom. The lowest BCUT2D eigenvalue weighted by molar-refractivity contribution is -0.144. The number of esters is 1. The molecule has 0 aromatic heterocycles. The monoisotopic (exact) mass is 278 g/mol. The van der Waals surface area contributed by atoms with Gasteiger partial charge in [0, 0.05) is 5.92 Å². The van der Waals surface area contributed by atoms with E-state index in [2.05, 4.69) is 0 Å². The summed E-state index contributed by atoms with van der Waals surface area (Å²) in [4.78, 5) is 22.9. The van der Waals surface area contributed by atoms with E-state index in [1.807, 2.05) is 0 Å². The number of carbonyl (C=O) groups excluding carboxylic acids is 2. The van der Waals surface area contributed by atoms with Gasteiger partial charge < -0.3 is 18.6 Å². The Kier molecular flexibility index (Phi) is 5.08. The Bertz CT molecular complexity index is 359. The third-order valence-electron chi connectivity index (χ3n) is 2.86. The second-order valence-electron chi connectivity index (χ2n) is 3.92. The van der Waals surface area contributed by atoms with Crippen LogP contribution in [0, 0.1) is 5.92 Å². The van der Waals surface area contributed by atoms with Crippen molar-refractivity contribution in [2.75, 3.05) is 19.8 Å². The highest BCUT2D eigenvalue weighted by atomic mass is 31.2. The minimum Gasteiger partial charge on any atom is -0.465 e. The van der Waals surface area contributed by atoms with E-state index in [4.69, 9.17) is 13.8 Å². The molecular weight excluding hydrogens is 259 g/mol. The predicted molar refractivity (Wildman–Crippen MR) is 64.4 cm³/mol. The number of rotatable bonds is 8. The number of hydrogen-bond acceptors (Lipinski definition) is 6. The summed E-state index contributed by atoms with van der Waals surface area (Å²) in [6.45, 7) is 5.40. The Hall–Kier alpha value is -0.710. The van der Waals surface area contributed by atoms with Crippen LogP contribution in [0.2, 0.25) is 0 Å². The third-order valence-corrected chi connectivity index (χ3v) is 5.73. The van der Waals surface area contributed by atoms with Gasteiger partial charge in [0.2, 0.25) is 0 Å². The summed E-state index contributed by atoms with van der Waals surface area (Å²) in [6.07, 6.45) is 0.772. The van der Waals surface area contributed by atoms with Crippen molar-refractivity contribution in [1.29, 1.82) is 0 Å². The summed E-state index contributed by atoms with van der Waals surface area (Å²) in [5.74, 6) is -1.33. The van der Waals surface area contributed by atoms with Crippen molar-refractivity contribution in [3.63, 3.8) is 0 Å². The average Bonchev–Trinajstić information content (AvgIpc) is 3.06. The Balaban J connectivity index is 3.06. The predicted octanol–water partition coefficient (Wildman–Crippen LogP) is 1.77. The number of aldehydes is 1. The normalized spacial score (nSPS) is 26.7. The van der Waals surface area contributed by atoms with Gasteiger partial charge in [-0.3, -0.25) is 9.36 Å². The van der Waals surface area contributed by atoms with Crippen LogP contribution >= 0.6 is 7.60 Å². The fraction of sp³-hybridized carbons (Fsp3) is 0.818. The van der Waals surface area contributed by atoms with Gasteiger partial charge in [-0.15, -0.1) is 0 Å². The van der Waals surface area contributed by atoms with Crippen LogP contribution in [0.4, 0.5) is 0 Å². The largest absolute Gasteiger partial charge is 0.465 e. The van der Waals surface area contributed by atoms with Crippen molar-refractivity contribution in [3.8, 4) is 0 Å². The molecule has 0 radical (unpaired) electrons. The van der Waals surface area contributed by atoms with Crippen molar-refractivity contribution in [2.24, 2.45) is 5.92 Å². The molecular formula is C11H19O6P. The first kappa shape index (κ1) is 15.3. The molecule has 7 heteroatoms. The van der Waals surface area contributed by atoms with E-state index < -0.39 is 24.6 Å². The van der Waals surface area contributed by atoms with E-state index in [1.54, 1.807) is 20.8 Å². The molecule has 2 atom stereocenters. The van der Waals surface area contributed by atoms with E-state index in [0.29, 0.717) is 6.29 Å².